The fraction of sp³-hybridized carbons (Fsp3) is 0.521. The smallest absolute Gasteiger partial charge is 0.253 e. The lowest BCUT2D eigenvalue weighted by Crippen LogP contribution is -2.74. The van der Waals surface area contributed by atoms with E-state index >= 15 is 0 Å². The quantitative estimate of drug-likeness (QED) is 0.159. The van der Waals surface area contributed by atoms with Gasteiger partial charge in [0.15, 0.2) is 0 Å². The number of benzene rings is 2. The highest BCUT2D eigenvalue weighted by atomic mass is 35.5. The Balaban J connectivity index is 0.917. The first-order chi connectivity index (χ1) is 30.7. The molecule has 4 amide bonds. The molecule has 0 bridgehead atoms. The number of β-amino-alcohol motifs (C(OH)–C–C–N with tert-alkyl or cyclic N) is 1. The molecule has 3 fully saturated rings. The minimum Gasteiger partial charge on any atom is -0.489 e. The van der Waals surface area contributed by atoms with Crippen LogP contribution in [0.25, 0.3) is 0 Å². The normalized spacial score (nSPS) is 21.8. The average Bonchev–Trinajstić information content (AvgIpc) is 3.68. The summed E-state index contributed by atoms with van der Waals surface area (Å²) in [6.07, 6.45) is 0.567. The standard InChI is InChI=1S/C48H60ClN9O7/c1-46(2,3)40(43(63)58-28-34(59)22-37(58)42(62)53-26-31-10-8-30(24-50)9-11-31)54-39(60)29-64-21-20-56-16-18-57(19-17-56)38-15-13-33(27-52-38)41(61)55-44-47(4,5)45(48(44,6)7)65-35-14-12-32(25-51)36(49)23-35/h8-15,23,27,34,37,40,44-45,59H,16-22,26,28-29H2,1-7H3,(H,53,62)(H,54,60)(H,55,61)/t34-,37+,40-,44-,45-/m1/s1. The third-order valence-corrected chi connectivity index (χ3v) is 13.1. The fourth-order valence-electron chi connectivity index (χ4n) is 9.40. The van der Waals surface area contributed by atoms with E-state index in [0.29, 0.717) is 53.7 Å². The molecular weight excluding hydrogens is 850 g/mol. The van der Waals surface area contributed by atoms with Crippen molar-refractivity contribution in [1.82, 2.24) is 30.7 Å². The van der Waals surface area contributed by atoms with Gasteiger partial charge in [0.25, 0.3) is 5.91 Å². The van der Waals surface area contributed by atoms with E-state index in [0.717, 1.165) is 24.5 Å². The number of halogens is 1. The summed E-state index contributed by atoms with van der Waals surface area (Å²) in [6.45, 7) is 17.4. The van der Waals surface area contributed by atoms with E-state index in [4.69, 9.17) is 26.3 Å². The van der Waals surface area contributed by atoms with Crippen molar-refractivity contribution in [3.05, 3.63) is 88.1 Å². The van der Waals surface area contributed by atoms with Crippen molar-refractivity contribution in [3.63, 3.8) is 0 Å². The van der Waals surface area contributed by atoms with Crippen molar-refractivity contribution in [1.29, 1.82) is 10.5 Å². The summed E-state index contributed by atoms with van der Waals surface area (Å²) in [5, 5.41) is 38.0. The molecule has 346 valence electrons. The zero-order chi connectivity index (χ0) is 47.3. The van der Waals surface area contributed by atoms with Gasteiger partial charge >= 0.3 is 0 Å². The summed E-state index contributed by atoms with van der Waals surface area (Å²) < 4.78 is 12.1. The zero-order valence-corrected chi connectivity index (χ0v) is 38.9. The van der Waals surface area contributed by atoms with Crippen molar-refractivity contribution in [2.75, 3.05) is 57.4 Å². The van der Waals surface area contributed by atoms with Crippen molar-refractivity contribution < 1.29 is 33.8 Å². The Morgan fingerprint density at radius 1 is 0.969 bits per heavy atom. The van der Waals surface area contributed by atoms with Gasteiger partial charge in [0, 0.05) is 81.4 Å². The second-order valence-corrected chi connectivity index (χ2v) is 19.8. The van der Waals surface area contributed by atoms with E-state index in [9.17, 15) is 29.5 Å². The number of piperazine rings is 1. The van der Waals surface area contributed by atoms with E-state index in [1.807, 2.05) is 26.8 Å². The predicted octanol–water partition coefficient (Wildman–Crippen LogP) is 4.04. The second-order valence-electron chi connectivity index (χ2n) is 19.4. The number of anilines is 1. The first-order valence-electron chi connectivity index (χ1n) is 22.0. The molecule has 3 aromatic rings. The predicted molar refractivity (Wildman–Crippen MR) is 244 cm³/mol. The van der Waals surface area contributed by atoms with Gasteiger partial charge in [0.2, 0.25) is 17.7 Å². The summed E-state index contributed by atoms with van der Waals surface area (Å²) in [7, 11) is 0. The highest BCUT2D eigenvalue weighted by Crippen LogP contribution is 2.55. The molecule has 17 heteroatoms. The Morgan fingerprint density at radius 2 is 1.66 bits per heavy atom. The zero-order valence-electron chi connectivity index (χ0n) is 38.2. The Bertz CT molecular complexity index is 2280. The first kappa shape index (κ1) is 48.7. The molecule has 0 radical (unpaired) electrons. The van der Waals surface area contributed by atoms with Crippen LogP contribution in [0.4, 0.5) is 5.82 Å². The Kier molecular flexibility index (Phi) is 15.1. The van der Waals surface area contributed by atoms with Crippen molar-refractivity contribution in [3.8, 4) is 17.9 Å². The first-order valence-corrected chi connectivity index (χ1v) is 22.3. The van der Waals surface area contributed by atoms with Crippen LogP contribution >= 0.6 is 11.6 Å². The van der Waals surface area contributed by atoms with E-state index in [2.05, 4.69) is 70.6 Å². The summed E-state index contributed by atoms with van der Waals surface area (Å²) in [5.41, 5.74) is 0.620. The summed E-state index contributed by atoms with van der Waals surface area (Å²) >= 11 is 6.24. The number of aromatic nitrogens is 1. The van der Waals surface area contributed by atoms with Crippen LogP contribution in [0, 0.1) is 38.9 Å². The number of aliphatic hydroxyl groups is 1. The van der Waals surface area contributed by atoms with Gasteiger partial charge in [-0.25, -0.2) is 4.98 Å². The average molecular weight is 911 g/mol. The maximum absolute atomic E-state index is 13.9. The number of hydrogen-bond donors (Lipinski definition) is 4. The molecule has 1 aromatic heterocycles. The van der Waals surface area contributed by atoms with Crippen molar-refractivity contribution >= 4 is 41.0 Å². The molecule has 16 nitrogen and oxygen atoms in total. The number of carbonyl (C=O) groups excluding carboxylic acids is 4. The molecule has 3 aliphatic rings. The second kappa shape index (κ2) is 20.2. The summed E-state index contributed by atoms with van der Waals surface area (Å²) in [6, 6.07) is 17.5. The molecule has 3 heterocycles. The number of amides is 4. The molecule has 65 heavy (non-hydrogen) atoms. The van der Waals surface area contributed by atoms with Crippen LogP contribution in [-0.4, -0.2) is 126 Å². The molecule has 2 aliphatic heterocycles. The van der Waals surface area contributed by atoms with Gasteiger partial charge in [-0.15, -0.1) is 0 Å². The molecule has 1 saturated carbocycles. The lowest BCUT2D eigenvalue weighted by atomic mass is 9.49. The maximum Gasteiger partial charge on any atom is 0.253 e. The number of nitrogens with zero attached hydrogens (tertiary/aromatic N) is 6. The number of aliphatic hydroxyl groups excluding tert-OH is 1. The molecule has 0 spiro atoms. The molecule has 3 atom stereocenters. The van der Waals surface area contributed by atoms with Gasteiger partial charge in [0.05, 0.1) is 40.5 Å². The topological polar surface area (TPSA) is 213 Å². The number of hydrogen-bond acceptors (Lipinski definition) is 12. The molecule has 0 unspecified atom stereocenters. The molecule has 4 N–H and O–H groups in total. The third kappa shape index (κ3) is 11.4. The lowest BCUT2D eigenvalue weighted by Gasteiger charge is -2.63. The molecule has 2 aromatic carbocycles. The maximum atomic E-state index is 13.9. The minimum absolute atomic E-state index is 0.0333. The van der Waals surface area contributed by atoms with E-state index in [1.165, 1.54) is 4.90 Å². The highest BCUT2D eigenvalue weighted by molar-refractivity contribution is 6.31. The van der Waals surface area contributed by atoms with Gasteiger partial charge in [-0.3, -0.25) is 24.1 Å². The largest absolute Gasteiger partial charge is 0.489 e. The van der Waals surface area contributed by atoms with E-state index in [1.54, 1.807) is 54.7 Å². The molecule has 1 aliphatic carbocycles. The van der Waals surface area contributed by atoms with Crippen LogP contribution in [0.3, 0.4) is 0 Å². The van der Waals surface area contributed by atoms with Crippen LogP contribution in [-0.2, 0) is 25.7 Å². The van der Waals surface area contributed by atoms with Crippen LogP contribution in [0.1, 0.15) is 81.9 Å². The lowest BCUT2D eigenvalue weighted by molar-refractivity contribution is -0.164. The van der Waals surface area contributed by atoms with Crippen LogP contribution in [0.2, 0.25) is 5.02 Å². The summed E-state index contributed by atoms with van der Waals surface area (Å²) in [4.78, 5) is 64.1. The number of ether oxygens (including phenoxy) is 2. The number of carbonyl (C=O) groups is 4. The minimum atomic E-state index is -0.972. The van der Waals surface area contributed by atoms with Crippen molar-refractivity contribution in [2.24, 2.45) is 16.2 Å². The van der Waals surface area contributed by atoms with Gasteiger partial charge in [-0.05, 0) is 47.4 Å². The van der Waals surface area contributed by atoms with Gasteiger partial charge in [-0.1, -0.05) is 72.2 Å². The number of rotatable bonds is 15. The van der Waals surface area contributed by atoms with E-state index < -0.39 is 52.2 Å². The van der Waals surface area contributed by atoms with Gasteiger partial charge < -0.3 is 40.3 Å². The van der Waals surface area contributed by atoms with Crippen LogP contribution < -0.4 is 25.6 Å². The fourth-order valence-corrected chi connectivity index (χ4v) is 9.62. The Hall–Kier alpha value is -5.78. The highest BCUT2D eigenvalue weighted by Gasteiger charge is 2.64. The number of nitriles is 2. The van der Waals surface area contributed by atoms with Gasteiger partial charge in [-0.2, -0.15) is 10.5 Å². The number of pyridine rings is 1. The number of likely N-dealkylation sites (tertiary alicyclic amines) is 1. The van der Waals surface area contributed by atoms with Crippen LogP contribution in [0.15, 0.2) is 60.8 Å². The van der Waals surface area contributed by atoms with Gasteiger partial charge in [0.1, 0.15) is 42.4 Å². The molecular formula is C48H60ClN9O7. The van der Waals surface area contributed by atoms with Crippen LogP contribution in [0.5, 0.6) is 5.75 Å². The van der Waals surface area contributed by atoms with Crippen molar-refractivity contribution in [2.45, 2.75) is 91.8 Å². The molecule has 6 rings (SSSR count). The molecule has 2 saturated heterocycles. The Morgan fingerprint density at radius 3 is 2.26 bits per heavy atom. The number of nitrogens with one attached hydrogen (secondary N) is 3. The third-order valence-electron chi connectivity index (χ3n) is 12.8. The summed E-state index contributed by atoms with van der Waals surface area (Å²) in [5.74, 6) is -0.205. The SMILES string of the molecule is CC(C)(C)[C@H](NC(=O)COCCN1CCN(c2ccc(C(=O)N[C@H]3C(C)(C)[C@H](Oc4ccc(C#N)c(Cl)c4)C3(C)C)cn2)CC1)C(=O)N1C[C@H](O)C[C@H]1C(=O)NCc1ccc(C#N)cc1. The monoisotopic (exact) mass is 909 g/mol. The van der Waals surface area contributed by atoms with E-state index in [-0.39, 0.29) is 44.2 Å². The Labute approximate surface area is 386 Å².